The zero-order valence-electron chi connectivity index (χ0n) is 17.6. The van der Waals surface area contributed by atoms with Crippen molar-refractivity contribution in [3.8, 4) is 11.5 Å². The van der Waals surface area contributed by atoms with Crippen molar-refractivity contribution in [1.82, 2.24) is 5.32 Å². The lowest BCUT2D eigenvalue weighted by molar-refractivity contribution is -0.114. The highest BCUT2D eigenvalue weighted by molar-refractivity contribution is 6.11. The van der Waals surface area contributed by atoms with Crippen LogP contribution in [-0.4, -0.2) is 31.2 Å². The molecular weight excluding hydrogens is 408 g/mol. The Bertz CT molecular complexity index is 1170. The predicted octanol–water partition coefficient (Wildman–Crippen LogP) is 4.08. The van der Waals surface area contributed by atoms with E-state index in [1.165, 1.54) is 12.1 Å². The fourth-order valence-electron chi connectivity index (χ4n) is 3.63. The van der Waals surface area contributed by atoms with E-state index < -0.39 is 12.1 Å². The second kappa shape index (κ2) is 8.85. The minimum atomic E-state index is -1.02. The molecule has 1 heterocycles. The van der Waals surface area contributed by atoms with Crippen molar-refractivity contribution in [2.75, 3.05) is 19.1 Å². The van der Waals surface area contributed by atoms with E-state index in [1.807, 2.05) is 36.4 Å². The Morgan fingerprint density at radius 2 is 1.66 bits per heavy atom. The number of rotatable bonds is 6. The lowest BCUT2D eigenvalue weighted by Crippen LogP contribution is -2.30. The molecule has 32 heavy (non-hydrogen) atoms. The minimum absolute atomic E-state index is 0.158. The normalized spacial score (nSPS) is 16.7. The van der Waals surface area contributed by atoms with Crippen LogP contribution < -0.4 is 19.7 Å². The quantitative estimate of drug-likeness (QED) is 0.573. The number of nitrogens with one attached hydrogen (secondary N) is 1. The second-order valence-electron chi connectivity index (χ2n) is 7.16. The summed E-state index contributed by atoms with van der Waals surface area (Å²) in [4.78, 5) is 26.2. The van der Waals surface area contributed by atoms with Crippen LogP contribution in [0, 0.1) is 0 Å². The maximum atomic E-state index is 13.4. The number of amides is 1. The minimum Gasteiger partial charge on any atom is -0.493 e. The van der Waals surface area contributed by atoms with Crippen LogP contribution in [-0.2, 0) is 4.79 Å². The van der Waals surface area contributed by atoms with Crippen molar-refractivity contribution in [2.45, 2.75) is 6.17 Å². The number of benzene rings is 3. The number of carbonyl (C=O) groups excluding carboxylic acids is 1. The van der Waals surface area contributed by atoms with Crippen molar-refractivity contribution in [2.24, 2.45) is 0 Å². The van der Waals surface area contributed by atoms with Gasteiger partial charge in [-0.25, -0.2) is 4.79 Å². The van der Waals surface area contributed by atoms with Crippen LogP contribution in [0.2, 0.25) is 0 Å². The van der Waals surface area contributed by atoms with Gasteiger partial charge >= 0.3 is 5.97 Å². The summed E-state index contributed by atoms with van der Waals surface area (Å²) in [6, 6.07) is 21.3. The first kappa shape index (κ1) is 21.0. The van der Waals surface area contributed by atoms with Crippen LogP contribution in [0.25, 0.3) is 6.08 Å². The third-order valence-electron chi connectivity index (χ3n) is 5.23. The van der Waals surface area contributed by atoms with Crippen LogP contribution in [0.3, 0.4) is 0 Å². The van der Waals surface area contributed by atoms with Gasteiger partial charge in [0.1, 0.15) is 11.9 Å². The largest absolute Gasteiger partial charge is 0.493 e. The first-order valence-electron chi connectivity index (χ1n) is 9.94. The third-order valence-corrected chi connectivity index (χ3v) is 5.23. The molecule has 1 atom stereocenters. The van der Waals surface area contributed by atoms with Crippen molar-refractivity contribution in [3.05, 3.63) is 95.2 Å². The van der Waals surface area contributed by atoms with Gasteiger partial charge in [-0.1, -0.05) is 36.4 Å². The number of aromatic carboxylic acids is 1. The monoisotopic (exact) mass is 430 g/mol. The van der Waals surface area contributed by atoms with Crippen molar-refractivity contribution in [3.63, 3.8) is 0 Å². The van der Waals surface area contributed by atoms with Crippen LogP contribution in [0.4, 0.5) is 5.69 Å². The number of carboxylic acid groups (broad SMARTS) is 1. The van der Waals surface area contributed by atoms with Gasteiger partial charge < -0.3 is 19.9 Å². The molecule has 3 aromatic carbocycles. The zero-order chi connectivity index (χ0) is 22.7. The Hall–Kier alpha value is -4.26. The van der Waals surface area contributed by atoms with Crippen molar-refractivity contribution >= 4 is 23.6 Å². The summed E-state index contributed by atoms with van der Waals surface area (Å²) in [5.74, 6) is -0.0801. The molecule has 1 aliphatic heterocycles. The van der Waals surface area contributed by atoms with E-state index in [4.69, 9.17) is 9.47 Å². The van der Waals surface area contributed by atoms with Gasteiger partial charge in [-0.05, 0) is 53.6 Å². The number of nitrogens with zero attached hydrogens (tertiary/aromatic N) is 1. The highest BCUT2D eigenvalue weighted by Crippen LogP contribution is 2.34. The summed E-state index contributed by atoms with van der Waals surface area (Å²) in [7, 11) is 3.12. The molecule has 0 radical (unpaired) electrons. The fraction of sp³-hybridized carbons (Fsp3) is 0.120. The molecule has 7 heteroatoms. The molecule has 0 spiro atoms. The Morgan fingerprint density at radius 3 is 2.28 bits per heavy atom. The molecule has 0 saturated carbocycles. The molecule has 1 fully saturated rings. The topological polar surface area (TPSA) is 88.1 Å². The van der Waals surface area contributed by atoms with Crippen LogP contribution in [0.5, 0.6) is 11.5 Å². The van der Waals surface area contributed by atoms with Gasteiger partial charge in [0, 0.05) is 5.69 Å². The number of methoxy groups -OCH3 is 2. The summed E-state index contributed by atoms with van der Waals surface area (Å²) in [5.41, 5.74) is 2.84. The summed E-state index contributed by atoms with van der Waals surface area (Å²) >= 11 is 0. The zero-order valence-corrected chi connectivity index (χ0v) is 17.6. The van der Waals surface area contributed by atoms with E-state index in [0.717, 1.165) is 11.1 Å². The first-order chi connectivity index (χ1) is 15.5. The predicted molar refractivity (Wildman–Crippen MR) is 121 cm³/mol. The summed E-state index contributed by atoms with van der Waals surface area (Å²) in [6.07, 6.45) is 1.32. The molecule has 2 N–H and O–H groups in total. The fourth-order valence-corrected chi connectivity index (χ4v) is 3.63. The lowest BCUT2D eigenvalue weighted by Gasteiger charge is -2.24. The van der Waals surface area contributed by atoms with Crippen LogP contribution >= 0.6 is 0 Å². The molecule has 0 bridgehead atoms. The van der Waals surface area contributed by atoms with Gasteiger partial charge in [-0.2, -0.15) is 0 Å². The molecule has 162 valence electrons. The SMILES string of the molecule is COc1ccc(/C=C2\N[C@H](c3ccccc3)N(c3ccc(C(=O)O)cc3)C2=O)cc1OC. The van der Waals surface area contributed by atoms with E-state index in [2.05, 4.69) is 5.32 Å². The molecule has 4 rings (SSSR count). The molecule has 7 nitrogen and oxygen atoms in total. The van der Waals surface area contributed by atoms with E-state index in [-0.39, 0.29) is 11.5 Å². The van der Waals surface area contributed by atoms with E-state index in [0.29, 0.717) is 22.9 Å². The number of hydrogen-bond donors (Lipinski definition) is 2. The molecule has 1 saturated heterocycles. The van der Waals surface area contributed by atoms with Crippen molar-refractivity contribution in [1.29, 1.82) is 0 Å². The average Bonchev–Trinajstić information content (AvgIpc) is 3.15. The van der Waals surface area contributed by atoms with E-state index >= 15 is 0 Å². The van der Waals surface area contributed by atoms with Crippen molar-refractivity contribution < 1.29 is 24.2 Å². The van der Waals surface area contributed by atoms with Crippen LogP contribution in [0.15, 0.2) is 78.5 Å². The maximum absolute atomic E-state index is 13.4. The molecule has 0 aliphatic carbocycles. The Morgan fingerprint density at radius 1 is 0.969 bits per heavy atom. The summed E-state index contributed by atoms with van der Waals surface area (Å²) in [5, 5.41) is 12.5. The molecular formula is C25H22N2O5. The van der Waals surface area contributed by atoms with Gasteiger partial charge in [0.05, 0.1) is 19.8 Å². The van der Waals surface area contributed by atoms with Crippen LogP contribution in [0.1, 0.15) is 27.7 Å². The summed E-state index contributed by atoms with van der Waals surface area (Å²) < 4.78 is 10.6. The van der Waals surface area contributed by atoms with Gasteiger partial charge in [-0.3, -0.25) is 9.69 Å². The first-order valence-corrected chi connectivity index (χ1v) is 9.94. The average molecular weight is 430 g/mol. The number of carboxylic acids is 1. The number of anilines is 1. The molecule has 1 amide bonds. The van der Waals surface area contributed by atoms with Gasteiger partial charge in [0.2, 0.25) is 0 Å². The number of hydrogen-bond acceptors (Lipinski definition) is 5. The smallest absolute Gasteiger partial charge is 0.335 e. The van der Waals surface area contributed by atoms with E-state index in [1.54, 1.807) is 49.5 Å². The Balaban J connectivity index is 1.74. The molecule has 3 aromatic rings. The highest BCUT2D eigenvalue weighted by Gasteiger charge is 2.36. The lowest BCUT2D eigenvalue weighted by atomic mass is 10.1. The highest BCUT2D eigenvalue weighted by atomic mass is 16.5. The summed E-state index contributed by atoms with van der Waals surface area (Å²) in [6.45, 7) is 0. The standard InChI is InChI=1S/C25H22N2O5/c1-31-21-13-8-16(15-22(21)32-2)14-20-24(28)27(19-11-9-18(10-12-19)25(29)30)23(26-20)17-6-4-3-5-7-17/h3-15,23,26H,1-2H3,(H,29,30)/b20-14-/t23-/m0/s1. The number of ether oxygens (including phenoxy) is 2. The third kappa shape index (κ3) is 4.00. The van der Waals surface area contributed by atoms with Gasteiger partial charge in [0.25, 0.3) is 5.91 Å². The molecule has 1 aliphatic rings. The van der Waals surface area contributed by atoms with Gasteiger partial charge in [0.15, 0.2) is 11.5 Å². The molecule has 0 aromatic heterocycles. The Kier molecular flexibility index (Phi) is 5.81. The second-order valence-corrected chi connectivity index (χ2v) is 7.16. The number of carbonyl (C=O) groups is 2. The van der Waals surface area contributed by atoms with E-state index in [9.17, 15) is 14.7 Å². The molecule has 0 unspecified atom stereocenters. The van der Waals surface area contributed by atoms with Gasteiger partial charge in [-0.15, -0.1) is 0 Å². The maximum Gasteiger partial charge on any atom is 0.335 e. The Labute approximate surface area is 185 Å².